The maximum absolute atomic E-state index is 11.9. The highest BCUT2D eigenvalue weighted by molar-refractivity contribution is 5.80. The van der Waals surface area contributed by atoms with Gasteiger partial charge in [0.2, 0.25) is 5.91 Å². The number of rotatable bonds is 5. The van der Waals surface area contributed by atoms with Crippen molar-refractivity contribution in [2.24, 2.45) is 0 Å². The molecule has 0 bridgehead atoms. The van der Waals surface area contributed by atoms with E-state index in [1.54, 1.807) is 4.90 Å². The summed E-state index contributed by atoms with van der Waals surface area (Å²) < 4.78 is 0. The molecule has 1 aliphatic rings. The van der Waals surface area contributed by atoms with Crippen molar-refractivity contribution < 1.29 is 14.7 Å². The largest absolute Gasteiger partial charge is 0.480 e. The molecular formula is C15H20N2O3. The van der Waals surface area contributed by atoms with Crippen LogP contribution in [0.3, 0.4) is 0 Å². The van der Waals surface area contributed by atoms with Crippen LogP contribution in [0.15, 0.2) is 24.3 Å². The number of carbonyl (C=O) groups is 2. The van der Waals surface area contributed by atoms with Gasteiger partial charge in [0, 0.05) is 6.54 Å². The number of likely N-dealkylation sites (tertiary alicyclic amines) is 1. The highest BCUT2D eigenvalue weighted by Gasteiger charge is 2.31. The molecule has 0 aliphatic carbocycles. The van der Waals surface area contributed by atoms with Crippen molar-refractivity contribution in [1.29, 1.82) is 0 Å². The fourth-order valence-electron chi connectivity index (χ4n) is 2.44. The highest BCUT2D eigenvalue weighted by atomic mass is 16.4. The SMILES string of the molecule is Cc1ccc(CNC(=O)CN2CCCC2C(=O)O)cc1. The summed E-state index contributed by atoms with van der Waals surface area (Å²) in [6.45, 7) is 3.32. The van der Waals surface area contributed by atoms with E-state index in [-0.39, 0.29) is 12.5 Å². The second-order valence-corrected chi connectivity index (χ2v) is 5.23. The third-order valence-electron chi connectivity index (χ3n) is 3.61. The summed E-state index contributed by atoms with van der Waals surface area (Å²) in [5.41, 5.74) is 2.22. The summed E-state index contributed by atoms with van der Waals surface area (Å²) in [6, 6.07) is 7.45. The number of carboxylic acids is 1. The zero-order valence-electron chi connectivity index (χ0n) is 11.6. The summed E-state index contributed by atoms with van der Waals surface area (Å²) in [5.74, 6) is -0.965. The number of aliphatic carboxylic acids is 1. The highest BCUT2D eigenvalue weighted by Crippen LogP contribution is 2.16. The average Bonchev–Trinajstić information content (AvgIpc) is 2.86. The first-order valence-corrected chi connectivity index (χ1v) is 6.85. The number of nitrogens with one attached hydrogen (secondary N) is 1. The summed E-state index contributed by atoms with van der Waals surface area (Å²) >= 11 is 0. The summed E-state index contributed by atoms with van der Waals surface area (Å²) in [6.07, 6.45) is 1.46. The minimum Gasteiger partial charge on any atom is -0.480 e. The van der Waals surface area contributed by atoms with Gasteiger partial charge in [0.15, 0.2) is 0 Å². The third kappa shape index (κ3) is 3.81. The molecule has 0 aromatic heterocycles. The predicted molar refractivity (Wildman–Crippen MR) is 75.3 cm³/mol. The summed E-state index contributed by atoms with van der Waals surface area (Å²) in [5, 5.41) is 11.9. The van der Waals surface area contributed by atoms with Crippen molar-refractivity contribution in [1.82, 2.24) is 10.2 Å². The average molecular weight is 276 g/mol. The van der Waals surface area contributed by atoms with Crippen molar-refractivity contribution in [3.05, 3.63) is 35.4 Å². The van der Waals surface area contributed by atoms with Crippen molar-refractivity contribution in [2.45, 2.75) is 32.4 Å². The van der Waals surface area contributed by atoms with Crippen LogP contribution in [0.25, 0.3) is 0 Å². The lowest BCUT2D eigenvalue weighted by Gasteiger charge is -2.20. The standard InChI is InChI=1S/C15H20N2O3/c1-11-4-6-12(7-5-11)9-16-14(18)10-17-8-2-3-13(17)15(19)20/h4-7,13H,2-3,8-10H2,1H3,(H,16,18)(H,19,20). The van der Waals surface area contributed by atoms with Gasteiger partial charge in [0.25, 0.3) is 0 Å². The van der Waals surface area contributed by atoms with E-state index in [1.165, 1.54) is 5.56 Å². The molecule has 108 valence electrons. The van der Waals surface area contributed by atoms with Crippen LogP contribution in [0.4, 0.5) is 0 Å². The molecule has 1 aromatic carbocycles. The fraction of sp³-hybridized carbons (Fsp3) is 0.467. The fourth-order valence-corrected chi connectivity index (χ4v) is 2.44. The molecule has 20 heavy (non-hydrogen) atoms. The molecular weight excluding hydrogens is 256 g/mol. The van der Waals surface area contributed by atoms with E-state index in [2.05, 4.69) is 5.32 Å². The van der Waals surface area contributed by atoms with Gasteiger partial charge >= 0.3 is 5.97 Å². The van der Waals surface area contributed by atoms with Crippen molar-refractivity contribution >= 4 is 11.9 Å². The number of nitrogens with zero attached hydrogens (tertiary/aromatic N) is 1. The van der Waals surface area contributed by atoms with Crippen LogP contribution in [-0.4, -0.2) is 41.0 Å². The number of hydrogen-bond acceptors (Lipinski definition) is 3. The zero-order chi connectivity index (χ0) is 14.5. The Morgan fingerprint density at radius 3 is 2.70 bits per heavy atom. The van der Waals surface area contributed by atoms with E-state index >= 15 is 0 Å². The molecule has 1 heterocycles. The van der Waals surface area contributed by atoms with Crippen molar-refractivity contribution in [3.63, 3.8) is 0 Å². The van der Waals surface area contributed by atoms with Crippen molar-refractivity contribution in [2.75, 3.05) is 13.1 Å². The Bertz CT molecular complexity index is 484. The van der Waals surface area contributed by atoms with Gasteiger partial charge in [-0.2, -0.15) is 0 Å². The van der Waals surface area contributed by atoms with Gasteiger partial charge in [-0.15, -0.1) is 0 Å². The first-order valence-electron chi connectivity index (χ1n) is 6.85. The molecule has 1 atom stereocenters. The van der Waals surface area contributed by atoms with Crippen molar-refractivity contribution in [3.8, 4) is 0 Å². The minimum atomic E-state index is -0.839. The van der Waals surface area contributed by atoms with Gasteiger partial charge in [0.1, 0.15) is 6.04 Å². The van der Waals surface area contributed by atoms with Gasteiger partial charge in [-0.1, -0.05) is 29.8 Å². The molecule has 1 amide bonds. The van der Waals surface area contributed by atoms with Crippen LogP contribution >= 0.6 is 0 Å². The topological polar surface area (TPSA) is 69.6 Å². The normalized spacial score (nSPS) is 18.9. The molecule has 0 spiro atoms. The van der Waals surface area contributed by atoms with Gasteiger partial charge in [0.05, 0.1) is 6.54 Å². The molecule has 1 unspecified atom stereocenters. The Morgan fingerprint density at radius 1 is 1.35 bits per heavy atom. The van der Waals surface area contributed by atoms with E-state index in [9.17, 15) is 9.59 Å². The van der Waals surface area contributed by atoms with Crippen LogP contribution in [0, 0.1) is 6.92 Å². The second kappa shape index (κ2) is 6.52. The molecule has 2 N–H and O–H groups in total. The van der Waals surface area contributed by atoms with E-state index in [4.69, 9.17) is 5.11 Å². The van der Waals surface area contributed by atoms with Crippen LogP contribution in [0.5, 0.6) is 0 Å². The maximum Gasteiger partial charge on any atom is 0.320 e. The molecule has 2 rings (SSSR count). The zero-order valence-corrected chi connectivity index (χ0v) is 11.6. The minimum absolute atomic E-state index is 0.126. The summed E-state index contributed by atoms with van der Waals surface area (Å²) in [4.78, 5) is 24.6. The molecule has 1 aromatic rings. The number of benzene rings is 1. The Hall–Kier alpha value is -1.88. The molecule has 0 saturated carbocycles. The number of hydrogen-bond donors (Lipinski definition) is 2. The van der Waals surface area contributed by atoms with Gasteiger partial charge < -0.3 is 10.4 Å². The van der Waals surface area contributed by atoms with Crippen LogP contribution < -0.4 is 5.32 Å². The quantitative estimate of drug-likeness (QED) is 0.846. The lowest BCUT2D eigenvalue weighted by molar-refractivity contribution is -0.142. The first kappa shape index (κ1) is 14.5. The Balaban J connectivity index is 1.80. The number of amides is 1. The molecule has 0 radical (unpaired) electrons. The maximum atomic E-state index is 11.9. The van der Waals surface area contributed by atoms with E-state index in [0.29, 0.717) is 19.5 Å². The van der Waals surface area contributed by atoms with Crippen LogP contribution in [-0.2, 0) is 16.1 Å². The second-order valence-electron chi connectivity index (χ2n) is 5.23. The number of carboxylic acid groups (broad SMARTS) is 1. The Labute approximate surface area is 118 Å². The lowest BCUT2D eigenvalue weighted by Crippen LogP contribution is -2.42. The molecule has 5 nitrogen and oxygen atoms in total. The van der Waals surface area contributed by atoms with E-state index < -0.39 is 12.0 Å². The van der Waals surface area contributed by atoms with Crippen LogP contribution in [0.1, 0.15) is 24.0 Å². The lowest BCUT2D eigenvalue weighted by atomic mass is 10.1. The van der Waals surface area contributed by atoms with Gasteiger partial charge in [-0.25, -0.2) is 0 Å². The van der Waals surface area contributed by atoms with E-state index in [0.717, 1.165) is 12.0 Å². The number of aryl methyl sites for hydroxylation is 1. The molecule has 1 saturated heterocycles. The first-order chi connectivity index (χ1) is 9.56. The third-order valence-corrected chi connectivity index (χ3v) is 3.61. The smallest absolute Gasteiger partial charge is 0.320 e. The predicted octanol–water partition coefficient (Wildman–Crippen LogP) is 1.16. The Kier molecular flexibility index (Phi) is 4.74. The van der Waals surface area contributed by atoms with Gasteiger partial charge in [-0.3, -0.25) is 14.5 Å². The van der Waals surface area contributed by atoms with E-state index in [1.807, 2.05) is 31.2 Å². The van der Waals surface area contributed by atoms with Crippen LogP contribution in [0.2, 0.25) is 0 Å². The number of carbonyl (C=O) groups excluding carboxylic acids is 1. The monoisotopic (exact) mass is 276 g/mol. The molecule has 1 aliphatic heterocycles. The molecule has 5 heteroatoms. The summed E-state index contributed by atoms with van der Waals surface area (Å²) in [7, 11) is 0. The Morgan fingerprint density at radius 2 is 2.05 bits per heavy atom. The molecule has 1 fully saturated rings. The van der Waals surface area contributed by atoms with Gasteiger partial charge in [-0.05, 0) is 31.9 Å².